The minimum absolute atomic E-state index is 0.0261. The van der Waals surface area contributed by atoms with Gasteiger partial charge in [-0.2, -0.15) is 0 Å². The van der Waals surface area contributed by atoms with Gasteiger partial charge in [-0.3, -0.25) is 4.79 Å². The summed E-state index contributed by atoms with van der Waals surface area (Å²) >= 11 is 0. The lowest BCUT2D eigenvalue weighted by Gasteiger charge is -2.34. The number of benzene rings is 2. The Bertz CT molecular complexity index is 958. The van der Waals surface area contributed by atoms with Crippen molar-refractivity contribution in [2.75, 3.05) is 41.3 Å². The number of ether oxygens (including phenoxy) is 6. The zero-order valence-electron chi connectivity index (χ0n) is 16.5. The van der Waals surface area contributed by atoms with Crippen molar-refractivity contribution in [3.8, 4) is 28.7 Å². The van der Waals surface area contributed by atoms with Gasteiger partial charge in [0.15, 0.2) is 28.8 Å². The molecule has 2 heterocycles. The normalized spacial score (nSPS) is 24.1. The molecule has 2 aliphatic heterocycles. The van der Waals surface area contributed by atoms with E-state index in [0.29, 0.717) is 47.5 Å². The van der Waals surface area contributed by atoms with Gasteiger partial charge in [-0.25, -0.2) is 0 Å². The van der Waals surface area contributed by atoms with Crippen molar-refractivity contribution in [2.24, 2.45) is 11.8 Å². The minimum atomic E-state index is -0.188. The standard InChI is InChI=1S/C22H22O7/c1-24-18-4-11(5-19(25-2)22(18)26-3)20-12-6-16-17(29-10-28-16)7-13(12)21(23)15-9-27-8-14(15)20/h4-7,14-15,20H,8-10H2,1-3H3/t14-,15-,20+/m0/s1. The second-order valence-corrected chi connectivity index (χ2v) is 7.40. The van der Waals surface area contributed by atoms with Crippen LogP contribution in [0.3, 0.4) is 0 Å². The van der Waals surface area contributed by atoms with E-state index in [1.54, 1.807) is 27.4 Å². The molecule has 0 N–H and O–H groups in total. The highest BCUT2D eigenvalue weighted by atomic mass is 16.7. The number of methoxy groups -OCH3 is 3. The van der Waals surface area contributed by atoms with E-state index in [0.717, 1.165) is 11.1 Å². The van der Waals surface area contributed by atoms with Crippen molar-refractivity contribution in [3.63, 3.8) is 0 Å². The SMILES string of the molecule is COc1cc([C@@H]2c3cc4c(cc3C(=O)[C@H]3COC[C@H]23)OCO4)cc(OC)c1OC. The topological polar surface area (TPSA) is 72.5 Å². The van der Waals surface area contributed by atoms with Crippen LogP contribution in [0, 0.1) is 11.8 Å². The van der Waals surface area contributed by atoms with Crippen molar-refractivity contribution < 1.29 is 33.2 Å². The second kappa shape index (κ2) is 6.84. The Hall–Kier alpha value is -2.93. The Morgan fingerprint density at radius 1 is 0.897 bits per heavy atom. The number of hydrogen-bond donors (Lipinski definition) is 0. The number of rotatable bonds is 4. The molecule has 7 heteroatoms. The van der Waals surface area contributed by atoms with Crippen molar-refractivity contribution in [2.45, 2.75) is 5.92 Å². The maximum Gasteiger partial charge on any atom is 0.231 e. The molecular formula is C22H22O7. The Balaban J connectivity index is 1.72. The van der Waals surface area contributed by atoms with Crippen LogP contribution >= 0.6 is 0 Å². The van der Waals surface area contributed by atoms with E-state index in [2.05, 4.69) is 0 Å². The van der Waals surface area contributed by atoms with Gasteiger partial charge in [-0.1, -0.05) is 0 Å². The molecule has 0 bridgehead atoms. The minimum Gasteiger partial charge on any atom is -0.493 e. The first kappa shape index (κ1) is 18.1. The van der Waals surface area contributed by atoms with E-state index in [-0.39, 0.29) is 30.3 Å². The number of fused-ring (bicyclic) bond motifs is 3. The molecule has 2 aromatic carbocycles. The Kier molecular flexibility index (Phi) is 4.28. The summed E-state index contributed by atoms with van der Waals surface area (Å²) in [5.41, 5.74) is 2.56. The lowest BCUT2D eigenvalue weighted by Crippen LogP contribution is -2.34. The second-order valence-electron chi connectivity index (χ2n) is 7.40. The predicted octanol–water partition coefficient (Wildman–Crippen LogP) is 3.03. The third-order valence-electron chi connectivity index (χ3n) is 6.08. The average Bonchev–Trinajstić information content (AvgIpc) is 3.41. The fourth-order valence-corrected chi connectivity index (χ4v) is 4.74. The Morgan fingerprint density at radius 3 is 2.24 bits per heavy atom. The zero-order chi connectivity index (χ0) is 20.1. The van der Waals surface area contributed by atoms with Crippen LogP contribution in [-0.2, 0) is 4.74 Å². The maximum absolute atomic E-state index is 13.2. The smallest absolute Gasteiger partial charge is 0.231 e. The molecule has 0 amide bonds. The summed E-state index contributed by atoms with van der Waals surface area (Å²) in [7, 11) is 4.77. The summed E-state index contributed by atoms with van der Waals surface area (Å²) < 4.78 is 33.4. The van der Waals surface area contributed by atoms with Crippen LogP contribution < -0.4 is 23.7 Å². The van der Waals surface area contributed by atoms with Gasteiger partial charge in [0.25, 0.3) is 0 Å². The fourth-order valence-electron chi connectivity index (χ4n) is 4.74. The number of carbonyl (C=O) groups excluding carboxylic acids is 1. The van der Waals surface area contributed by atoms with Crippen LogP contribution in [0.5, 0.6) is 28.7 Å². The van der Waals surface area contributed by atoms with Crippen molar-refractivity contribution >= 4 is 5.78 Å². The Labute approximate surface area is 168 Å². The summed E-state index contributed by atoms with van der Waals surface area (Å²) in [5, 5.41) is 0. The van der Waals surface area contributed by atoms with Crippen molar-refractivity contribution in [1.29, 1.82) is 0 Å². The van der Waals surface area contributed by atoms with Gasteiger partial charge in [0.2, 0.25) is 12.5 Å². The molecule has 0 saturated carbocycles. The fraction of sp³-hybridized carbons (Fsp3) is 0.409. The van der Waals surface area contributed by atoms with Gasteiger partial charge in [-0.15, -0.1) is 0 Å². The molecular weight excluding hydrogens is 376 g/mol. The van der Waals surface area contributed by atoms with E-state index >= 15 is 0 Å². The van der Waals surface area contributed by atoms with Gasteiger partial charge in [-0.05, 0) is 35.4 Å². The molecule has 29 heavy (non-hydrogen) atoms. The molecule has 3 atom stereocenters. The molecule has 3 aliphatic rings. The summed E-state index contributed by atoms with van der Waals surface area (Å²) in [6.45, 7) is 1.11. The molecule has 5 rings (SSSR count). The summed E-state index contributed by atoms with van der Waals surface area (Å²) in [5.74, 6) is 2.83. The first-order chi connectivity index (χ1) is 14.2. The maximum atomic E-state index is 13.2. The zero-order valence-corrected chi connectivity index (χ0v) is 16.5. The third kappa shape index (κ3) is 2.64. The van der Waals surface area contributed by atoms with E-state index in [4.69, 9.17) is 28.4 Å². The lowest BCUT2D eigenvalue weighted by molar-refractivity contribution is 0.0866. The Morgan fingerprint density at radius 2 is 1.59 bits per heavy atom. The van der Waals surface area contributed by atoms with Crippen molar-refractivity contribution in [1.82, 2.24) is 0 Å². The van der Waals surface area contributed by atoms with Crippen molar-refractivity contribution in [3.05, 3.63) is 41.0 Å². The van der Waals surface area contributed by atoms with Gasteiger partial charge >= 0.3 is 0 Å². The largest absolute Gasteiger partial charge is 0.493 e. The van der Waals surface area contributed by atoms with E-state index in [1.165, 1.54) is 0 Å². The van der Waals surface area contributed by atoms with Crippen LogP contribution in [0.25, 0.3) is 0 Å². The molecule has 152 valence electrons. The summed E-state index contributed by atoms with van der Waals surface area (Å²) in [4.78, 5) is 13.2. The van der Waals surface area contributed by atoms with Crippen LogP contribution in [0.4, 0.5) is 0 Å². The molecule has 0 spiro atoms. The molecule has 1 aliphatic carbocycles. The van der Waals surface area contributed by atoms with E-state index < -0.39 is 0 Å². The van der Waals surface area contributed by atoms with Crippen LogP contribution in [-0.4, -0.2) is 47.1 Å². The number of carbonyl (C=O) groups is 1. The lowest BCUT2D eigenvalue weighted by atomic mass is 9.67. The third-order valence-corrected chi connectivity index (χ3v) is 6.08. The van der Waals surface area contributed by atoms with E-state index in [1.807, 2.05) is 18.2 Å². The number of ketones is 1. The highest BCUT2D eigenvalue weighted by Crippen LogP contribution is 2.52. The molecule has 0 aromatic heterocycles. The van der Waals surface area contributed by atoms with Crippen LogP contribution in [0.1, 0.15) is 27.4 Å². The molecule has 1 saturated heterocycles. The molecule has 0 unspecified atom stereocenters. The monoisotopic (exact) mass is 398 g/mol. The first-order valence-corrected chi connectivity index (χ1v) is 9.51. The summed E-state index contributed by atoms with van der Waals surface area (Å²) in [6, 6.07) is 7.63. The first-order valence-electron chi connectivity index (χ1n) is 9.51. The highest BCUT2D eigenvalue weighted by Gasteiger charge is 2.47. The molecule has 0 radical (unpaired) electrons. The number of Topliss-reactive ketones (excluding diaryl/α,β-unsaturated/α-hetero) is 1. The van der Waals surface area contributed by atoms with Gasteiger partial charge < -0.3 is 28.4 Å². The van der Waals surface area contributed by atoms with Gasteiger partial charge in [0.1, 0.15) is 0 Å². The quantitative estimate of drug-likeness (QED) is 0.784. The van der Waals surface area contributed by atoms with E-state index in [9.17, 15) is 4.79 Å². The average molecular weight is 398 g/mol. The highest BCUT2D eigenvalue weighted by molar-refractivity contribution is 6.02. The van der Waals surface area contributed by atoms with Crippen LogP contribution in [0.2, 0.25) is 0 Å². The predicted molar refractivity (Wildman–Crippen MR) is 103 cm³/mol. The molecule has 1 fully saturated rings. The van der Waals surface area contributed by atoms with Gasteiger partial charge in [0.05, 0.1) is 40.5 Å². The molecule has 7 nitrogen and oxygen atoms in total. The number of hydrogen-bond acceptors (Lipinski definition) is 7. The van der Waals surface area contributed by atoms with Crippen LogP contribution in [0.15, 0.2) is 24.3 Å². The van der Waals surface area contributed by atoms with Gasteiger partial charge in [0, 0.05) is 17.4 Å². The molecule has 2 aromatic rings. The summed E-state index contributed by atoms with van der Waals surface area (Å²) in [6.07, 6.45) is 0.